The molecule has 2 rings (SSSR count). The SMILES string of the molecule is CC(C)=C[C@@H]1[C@H](C(=O)NNC(=O)C2CCCC2)C1(C)C. The molecule has 2 N–H and O–H groups in total. The molecule has 0 bridgehead atoms. The minimum atomic E-state index is -0.0659. The van der Waals surface area contributed by atoms with E-state index in [0.29, 0.717) is 0 Å². The third-order valence-electron chi connectivity index (χ3n) is 4.74. The van der Waals surface area contributed by atoms with Gasteiger partial charge in [0.2, 0.25) is 11.8 Å². The van der Waals surface area contributed by atoms with E-state index in [0.717, 1.165) is 25.7 Å². The van der Waals surface area contributed by atoms with Gasteiger partial charge in [-0.1, -0.05) is 38.3 Å². The van der Waals surface area contributed by atoms with Crippen molar-refractivity contribution in [1.29, 1.82) is 0 Å². The van der Waals surface area contributed by atoms with E-state index in [4.69, 9.17) is 0 Å². The summed E-state index contributed by atoms with van der Waals surface area (Å²) in [6.07, 6.45) is 6.27. The minimum Gasteiger partial charge on any atom is -0.273 e. The Morgan fingerprint density at radius 1 is 1.05 bits per heavy atom. The van der Waals surface area contributed by atoms with Gasteiger partial charge in [-0.3, -0.25) is 20.4 Å². The van der Waals surface area contributed by atoms with Crippen LogP contribution in [0.3, 0.4) is 0 Å². The van der Waals surface area contributed by atoms with Gasteiger partial charge in [-0.2, -0.15) is 0 Å². The maximum absolute atomic E-state index is 12.2. The smallest absolute Gasteiger partial charge is 0.242 e. The van der Waals surface area contributed by atoms with Crippen LogP contribution < -0.4 is 10.9 Å². The summed E-state index contributed by atoms with van der Waals surface area (Å²) in [5.74, 6) is 0.213. The molecule has 0 aromatic rings. The molecule has 4 heteroatoms. The molecule has 0 heterocycles. The summed E-state index contributed by atoms with van der Waals surface area (Å²) in [5.41, 5.74) is 6.43. The Kier molecular flexibility index (Phi) is 4.21. The first-order valence-corrected chi connectivity index (χ1v) is 7.58. The first-order valence-electron chi connectivity index (χ1n) is 7.58. The molecule has 0 saturated heterocycles. The first-order chi connectivity index (χ1) is 9.34. The molecule has 2 aliphatic rings. The van der Waals surface area contributed by atoms with Crippen LogP contribution in [0.1, 0.15) is 53.4 Å². The summed E-state index contributed by atoms with van der Waals surface area (Å²) in [5, 5.41) is 0. The maximum Gasteiger partial charge on any atom is 0.242 e. The Balaban J connectivity index is 1.83. The highest BCUT2D eigenvalue weighted by atomic mass is 16.2. The lowest BCUT2D eigenvalue weighted by molar-refractivity contribution is -0.132. The number of hydrogen-bond acceptors (Lipinski definition) is 2. The zero-order chi connectivity index (χ0) is 14.9. The van der Waals surface area contributed by atoms with Crippen molar-refractivity contribution in [3.8, 4) is 0 Å². The molecule has 112 valence electrons. The van der Waals surface area contributed by atoms with Gasteiger partial charge in [0, 0.05) is 5.92 Å². The highest BCUT2D eigenvalue weighted by Gasteiger charge is 2.60. The average molecular weight is 278 g/mol. The van der Waals surface area contributed by atoms with Gasteiger partial charge in [-0.25, -0.2) is 0 Å². The van der Waals surface area contributed by atoms with Gasteiger partial charge < -0.3 is 0 Å². The molecule has 2 saturated carbocycles. The largest absolute Gasteiger partial charge is 0.273 e. The van der Waals surface area contributed by atoms with Crippen LogP contribution in [0.2, 0.25) is 0 Å². The summed E-state index contributed by atoms with van der Waals surface area (Å²) < 4.78 is 0. The summed E-state index contributed by atoms with van der Waals surface area (Å²) >= 11 is 0. The van der Waals surface area contributed by atoms with E-state index in [-0.39, 0.29) is 35.0 Å². The molecule has 2 atom stereocenters. The van der Waals surface area contributed by atoms with Gasteiger partial charge in [0.25, 0.3) is 0 Å². The van der Waals surface area contributed by atoms with Crippen molar-refractivity contribution in [3.05, 3.63) is 11.6 Å². The van der Waals surface area contributed by atoms with Crippen molar-refractivity contribution in [1.82, 2.24) is 10.9 Å². The molecule has 2 fully saturated rings. The molecule has 0 aliphatic heterocycles. The molecular formula is C16H26N2O2. The lowest BCUT2D eigenvalue weighted by Crippen LogP contribution is -2.45. The van der Waals surface area contributed by atoms with Crippen molar-refractivity contribution >= 4 is 11.8 Å². The van der Waals surface area contributed by atoms with Crippen molar-refractivity contribution in [2.24, 2.45) is 23.2 Å². The van der Waals surface area contributed by atoms with Crippen LogP contribution in [-0.2, 0) is 9.59 Å². The van der Waals surface area contributed by atoms with E-state index in [9.17, 15) is 9.59 Å². The number of nitrogens with one attached hydrogen (secondary N) is 2. The van der Waals surface area contributed by atoms with Gasteiger partial charge in [0.1, 0.15) is 0 Å². The second-order valence-electron chi connectivity index (χ2n) is 7.03. The van der Waals surface area contributed by atoms with E-state index in [1.54, 1.807) is 0 Å². The molecule has 2 amide bonds. The van der Waals surface area contributed by atoms with Gasteiger partial charge in [-0.15, -0.1) is 0 Å². The fraction of sp³-hybridized carbons (Fsp3) is 0.750. The van der Waals surface area contributed by atoms with Crippen molar-refractivity contribution < 1.29 is 9.59 Å². The molecule has 4 nitrogen and oxygen atoms in total. The monoisotopic (exact) mass is 278 g/mol. The van der Waals surface area contributed by atoms with Crippen LogP contribution in [-0.4, -0.2) is 11.8 Å². The zero-order valence-electron chi connectivity index (χ0n) is 13.0. The lowest BCUT2D eigenvalue weighted by Gasteiger charge is -2.11. The Hall–Kier alpha value is -1.32. The molecule has 0 radical (unpaired) electrons. The van der Waals surface area contributed by atoms with Crippen molar-refractivity contribution in [2.75, 3.05) is 0 Å². The molecule has 2 aliphatic carbocycles. The third kappa shape index (κ3) is 3.05. The second kappa shape index (κ2) is 5.58. The number of rotatable bonds is 3. The van der Waals surface area contributed by atoms with Crippen LogP contribution in [0, 0.1) is 23.2 Å². The number of hydrazine groups is 1. The molecule has 0 spiro atoms. The minimum absolute atomic E-state index is 0.0144. The quantitative estimate of drug-likeness (QED) is 0.616. The van der Waals surface area contributed by atoms with Crippen molar-refractivity contribution in [3.63, 3.8) is 0 Å². The maximum atomic E-state index is 12.2. The third-order valence-corrected chi connectivity index (χ3v) is 4.74. The summed E-state index contributed by atoms with van der Waals surface area (Å²) in [6.45, 7) is 8.29. The average Bonchev–Trinajstić information content (AvgIpc) is 2.79. The summed E-state index contributed by atoms with van der Waals surface area (Å²) in [4.78, 5) is 24.1. The number of carbonyl (C=O) groups excluding carboxylic acids is 2. The topological polar surface area (TPSA) is 58.2 Å². The summed E-state index contributed by atoms with van der Waals surface area (Å²) in [7, 11) is 0. The number of carbonyl (C=O) groups is 2. The normalized spacial score (nSPS) is 27.8. The predicted molar refractivity (Wildman–Crippen MR) is 78.4 cm³/mol. The molecule has 0 unspecified atom stereocenters. The van der Waals surface area contributed by atoms with Crippen LogP contribution in [0.5, 0.6) is 0 Å². The van der Waals surface area contributed by atoms with E-state index in [2.05, 4.69) is 30.8 Å². The second-order valence-corrected chi connectivity index (χ2v) is 7.03. The number of allylic oxidation sites excluding steroid dienone is 2. The Labute approximate surface area is 121 Å². The highest BCUT2D eigenvalue weighted by molar-refractivity contribution is 5.87. The number of amides is 2. The van der Waals surface area contributed by atoms with Crippen LogP contribution >= 0.6 is 0 Å². The predicted octanol–water partition coefficient (Wildman–Crippen LogP) is 2.56. The van der Waals surface area contributed by atoms with Gasteiger partial charge in [0.15, 0.2) is 0 Å². The molecule has 0 aromatic heterocycles. The standard InChI is InChI=1S/C16H26N2O2/c1-10(2)9-12-13(16(12,3)4)15(20)18-17-14(19)11-7-5-6-8-11/h9,11-13H,5-8H2,1-4H3,(H,17,19)(H,18,20)/t12-,13-/m1/s1. The van der Waals surface area contributed by atoms with Crippen LogP contribution in [0.4, 0.5) is 0 Å². The van der Waals surface area contributed by atoms with Gasteiger partial charge in [-0.05, 0) is 38.0 Å². The van der Waals surface area contributed by atoms with Gasteiger partial charge in [0.05, 0.1) is 5.92 Å². The lowest BCUT2D eigenvalue weighted by atomic mass is 10.1. The Bertz CT molecular complexity index is 430. The van der Waals surface area contributed by atoms with E-state index >= 15 is 0 Å². The highest BCUT2D eigenvalue weighted by Crippen LogP contribution is 2.59. The van der Waals surface area contributed by atoms with Crippen molar-refractivity contribution in [2.45, 2.75) is 53.4 Å². The van der Waals surface area contributed by atoms with Crippen LogP contribution in [0.15, 0.2) is 11.6 Å². The van der Waals surface area contributed by atoms with Gasteiger partial charge >= 0.3 is 0 Å². The fourth-order valence-corrected chi connectivity index (χ4v) is 3.34. The summed E-state index contributed by atoms with van der Waals surface area (Å²) in [6, 6.07) is 0. The zero-order valence-corrected chi connectivity index (χ0v) is 13.0. The van der Waals surface area contributed by atoms with E-state index < -0.39 is 0 Å². The molecule has 20 heavy (non-hydrogen) atoms. The fourth-order valence-electron chi connectivity index (χ4n) is 3.34. The first kappa shape index (κ1) is 15.1. The van der Waals surface area contributed by atoms with Crippen LogP contribution in [0.25, 0.3) is 0 Å². The number of hydrogen-bond donors (Lipinski definition) is 2. The van der Waals surface area contributed by atoms with E-state index in [1.807, 2.05) is 13.8 Å². The molecular weight excluding hydrogens is 252 g/mol. The molecule has 0 aromatic carbocycles. The Morgan fingerprint density at radius 2 is 1.60 bits per heavy atom. The Morgan fingerprint density at radius 3 is 2.15 bits per heavy atom. The van der Waals surface area contributed by atoms with E-state index in [1.165, 1.54) is 5.57 Å².